The van der Waals surface area contributed by atoms with Crippen molar-refractivity contribution in [2.24, 2.45) is 5.92 Å². The van der Waals surface area contributed by atoms with Crippen molar-refractivity contribution in [2.75, 3.05) is 18.8 Å². The first-order valence-electron chi connectivity index (χ1n) is 10.0. The molecule has 0 aromatic heterocycles. The predicted octanol–water partition coefficient (Wildman–Crippen LogP) is 2.44. The van der Waals surface area contributed by atoms with Gasteiger partial charge in [-0.05, 0) is 27.7 Å². The minimum atomic E-state index is -1.05. The van der Waals surface area contributed by atoms with E-state index >= 15 is 0 Å². The Balaban J connectivity index is -0.000000295. The van der Waals surface area contributed by atoms with Crippen LogP contribution >= 0.6 is 11.8 Å². The van der Waals surface area contributed by atoms with Crippen LogP contribution in [0.4, 0.5) is 0 Å². The first-order valence-corrected chi connectivity index (χ1v) is 11.0. The second-order valence-corrected chi connectivity index (χ2v) is 7.54. The Bertz CT molecular complexity index is 580. The van der Waals surface area contributed by atoms with Gasteiger partial charge in [0.05, 0.1) is 12.5 Å². The summed E-state index contributed by atoms with van der Waals surface area (Å²) in [6.07, 6.45) is -1.06. The Morgan fingerprint density at radius 1 is 0.938 bits per heavy atom. The van der Waals surface area contributed by atoms with Gasteiger partial charge in [-0.1, -0.05) is 39.5 Å². The number of hydrogen-bond acceptors (Lipinski definition) is 7. The van der Waals surface area contributed by atoms with Gasteiger partial charge >= 0.3 is 5.97 Å². The number of Topliss-reactive ketones (excluding diaryl/α,β-unsaturated/α-hetero) is 1. The van der Waals surface area contributed by atoms with E-state index in [0.29, 0.717) is 13.1 Å². The molecule has 0 heterocycles. The molecule has 2 amide bonds. The number of nitrogens with zero attached hydrogens (tertiary/aromatic N) is 1. The molecule has 182 valence electrons. The van der Waals surface area contributed by atoms with Gasteiger partial charge in [-0.3, -0.25) is 19.2 Å². The fourth-order valence-electron chi connectivity index (χ4n) is 1.98. The molecule has 1 unspecified atom stereocenters. The van der Waals surface area contributed by atoms with Gasteiger partial charge in [-0.15, -0.1) is 0 Å². The van der Waals surface area contributed by atoms with Crippen LogP contribution in [-0.2, 0) is 28.7 Å². The molecule has 0 spiro atoms. The largest absolute Gasteiger partial charge is 0.457 e. The van der Waals surface area contributed by atoms with E-state index in [-0.39, 0.29) is 118 Å². The van der Waals surface area contributed by atoms with Gasteiger partial charge in [0.15, 0.2) is 5.12 Å². The monoisotopic (exact) mass is 1150 g/mol. The fraction of sp³-hybridized carbons (Fsp3) is 0.750. The Labute approximate surface area is 269 Å². The van der Waals surface area contributed by atoms with Gasteiger partial charge in [0.25, 0.3) is 0 Å². The molecule has 0 rings (SSSR count). The van der Waals surface area contributed by atoms with Crippen LogP contribution in [0.15, 0.2) is 0 Å². The molecule has 8 nitrogen and oxygen atoms in total. The summed E-state index contributed by atoms with van der Waals surface area (Å²) in [6.45, 7) is 15.2. The molecule has 1 atom stereocenters. The minimum absolute atomic E-state index is 0. The second kappa shape index (κ2) is 25.4. The van der Waals surface area contributed by atoms with Crippen LogP contribution in [0.25, 0.3) is 0 Å². The maximum absolute atomic E-state index is 12.6. The first kappa shape index (κ1) is 43.3. The van der Waals surface area contributed by atoms with Gasteiger partial charge < -0.3 is 15.0 Å². The van der Waals surface area contributed by atoms with E-state index in [0.717, 1.165) is 11.8 Å². The van der Waals surface area contributed by atoms with E-state index in [9.17, 15) is 24.0 Å². The molecule has 0 aliphatic heterocycles. The third kappa shape index (κ3) is 19.6. The number of esters is 1. The second-order valence-electron chi connectivity index (χ2n) is 6.46. The molecule has 32 heavy (non-hydrogen) atoms. The van der Waals surface area contributed by atoms with Crippen LogP contribution < -0.4 is 5.32 Å². The molecule has 0 radical (unpaired) electrons. The zero-order valence-corrected chi connectivity index (χ0v) is 33.7. The van der Waals surface area contributed by atoms with E-state index in [2.05, 4.69) is 5.32 Å². The molecule has 0 saturated heterocycles. The third-order valence-corrected chi connectivity index (χ3v) is 4.47. The topological polar surface area (TPSA) is 110 Å². The number of ether oxygens (including phenoxy) is 1. The van der Waals surface area contributed by atoms with Crippen LogP contribution in [0.3, 0.4) is 0 Å². The van der Waals surface area contributed by atoms with E-state index in [1.165, 1.54) is 0 Å². The fourth-order valence-corrected chi connectivity index (χ4v) is 2.79. The minimum Gasteiger partial charge on any atom is -0.457 e. The molecule has 0 aliphatic rings. The molecular formula is C20H38N2O6SU3. The van der Waals surface area contributed by atoms with Crippen molar-refractivity contribution in [1.82, 2.24) is 10.2 Å². The molecular weight excluding hydrogens is 1110 g/mol. The Kier molecular flexibility index (Phi) is 34.3. The summed E-state index contributed by atoms with van der Waals surface area (Å²) in [5, 5.41) is 2.08. The SMILES string of the molecule is CC.CCN(CC)C(=O)C(CSC(=O)CC(=O)C(=O)OC(C)C)NC(=O)C(C)C.[HH].[U].[U].[U]. The number of ketones is 1. The summed E-state index contributed by atoms with van der Waals surface area (Å²) in [4.78, 5) is 61.3. The summed E-state index contributed by atoms with van der Waals surface area (Å²) in [5.74, 6) is -2.91. The number of rotatable bonds is 11. The van der Waals surface area contributed by atoms with Gasteiger partial charge in [-0.2, -0.15) is 0 Å². The molecule has 0 aromatic carbocycles. The van der Waals surface area contributed by atoms with Crippen LogP contribution in [0, 0.1) is 99.3 Å². The number of carbonyl (C=O) groups excluding carboxylic acids is 5. The summed E-state index contributed by atoms with van der Waals surface area (Å²) in [5.41, 5.74) is 0. The van der Waals surface area contributed by atoms with Gasteiger partial charge in [0.2, 0.25) is 17.6 Å². The zero-order chi connectivity index (χ0) is 23.1. The Hall–Kier alpha value is 1.26. The van der Waals surface area contributed by atoms with Gasteiger partial charge in [-0.25, -0.2) is 4.79 Å². The van der Waals surface area contributed by atoms with Crippen molar-refractivity contribution in [3.05, 3.63) is 0 Å². The van der Waals surface area contributed by atoms with Crippen LogP contribution in [0.5, 0.6) is 0 Å². The maximum Gasteiger partial charge on any atom is 0.375 e. The van der Waals surface area contributed by atoms with E-state index in [4.69, 9.17) is 4.74 Å². The third-order valence-electron chi connectivity index (χ3n) is 3.50. The van der Waals surface area contributed by atoms with Gasteiger partial charge in [0.1, 0.15) is 6.04 Å². The van der Waals surface area contributed by atoms with Crippen molar-refractivity contribution < 1.29 is 123 Å². The Morgan fingerprint density at radius 3 is 1.78 bits per heavy atom. The summed E-state index contributed by atoms with van der Waals surface area (Å²) in [7, 11) is 0. The first-order chi connectivity index (χ1) is 13.5. The average Bonchev–Trinajstić information content (AvgIpc) is 2.66. The van der Waals surface area contributed by atoms with Crippen molar-refractivity contribution in [3.63, 3.8) is 0 Å². The van der Waals surface area contributed by atoms with Crippen molar-refractivity contribution in [3.8, 4) is 0 Å². The molecule has 0 aromatic rings. The molecule has 0 saturated carbocycles. The van der Waals surface area contributed by atoms with Crippen LogP contribution in [0.1, 0.15) is 63.2 Å². The Morgan fingerprint density at radius 2 is 1.41 bits per heavy atom. The number of amides is 2. The molecule has 0 bridgehead atoms. The molecule has 0 aliphatic carbocycles. The number of hydrogen-bond donors (Lipinski definition) is 1. The number of nitrogens with one attached hydrogen (secondary N) is 1. The summed E-state index contributed by atoms with van der Waals surface area (Å²) < 4.78 is 4.75. The van der Waals surface area contributed by atoms with E-state index in [1.54, 1.807) is 32.6 Å². The molecule has 0 fully saturated rings. The van der Waals surface area contributed by atoms with E-state index < -0.39 is 35.4 Å². The predicted molar refractivity (Wildman–Crippen MR) is 116 cm³/mol. The standard InChI is InChI=1S/C18H30N2O6S.C2H6.3U.H2/c1-7-20(8-2)17(24)13(19-16(23)11(3)4)10-27-15(22)9-14(21)18(25)26-12(5)6;1-2;;;;/h11-13H,7-10H2,1-6H3,(H,19,23);1-2H3;;;;1H. The number of thioether (sulfide) groups is 1. The van der Waals surface area contributed by atoms with Crippen molar-refractivity contribution in [2.45, 2.75) is 74.0 Å². The quantitative estimate of drug-likeness (QED) is 0.193. The molecule has 1 N–H and O–H groups in total. The summed E-state index contributed by atoms with van der Waals surface area (Å²) in [6, 6.07) is -0.883. The zero-order valence-electron chi connectivity index (χ0n) is 20.4. The van der Waals surface area contributed by atoms with Crippen molar-refractivity contribution >= 4 is 40.4 Å². The average molecular weight is 1150 g/mol. The number of carbonyl (C=O) groups is 5. The molecule has 12 heteroatoms. The summed E-state index contributed by atoms with van der Waals surface area (Å²) >= 11 is 0.740. The van der Waals surface area contributed by atoms with Crippen LogP contribution in [-0.4, -0.2) is 64.6 Å². The van der Waals surface area contributed by atoms with Crippen LogP contribution in [0.2, 0.25) is 0 Å². The normalized spacial score (nSPS) is 10.2. The van der Waals surface area contributed by atoms with Gasteiger partial charge in [0, 0.05) is 120 Å². The smallest absolute Gasteiger partial charge is 0.375 e. The van der Waals surface area contributed by atoms with Crippen molar-refractivity contribution in [1.29, 1.82) is 0 Å². The number of likely N-dealkylation sites (N-methyl/N-ethyl adjacent to an activating group) is 1. The maximum atomic E-state index is 12.6. The van der Waals surface area contributed by atoms with E-state index in [1.807, 2.05) is 27.7 Å².